The van der Waals surface area contributed by atoms with Gasteiger partial charge in [0, 0.05) is 16.9 Å². The molecule has 0 N–H and O–H groups in total. The van der Waals surface area contributed by atoms with Gasteiger partial charge in [-0.15, -0.1) is 0 Å². The van der Waals surface area contributed by atoms with Crippen molar-refractivity contribution in [2.24, 2.45) is 0 Å². The predicted molar refractivity (Wildman–Crippen MR) is 278 cm³/mol. The molecule has 0 aromatic heterocycles. The first kappa shape index (κ1) is 39.8. The van der Waals surface area contributed by atoms with Crippen LogP contribution in [-0.2, 0) is 5.41 Å². The Morgan fingerprint density at radius 1 is 0.348 bits per heavy atom. The molecule has 0 radical (unpaired) electrons. The van der Waals surface area contributed by atoms with Crippen molar-refractivity contribution in [1.82, 2.24) is 0 Å². The molecule has 316 valence electrons. The quantitative estimate of drug-likeness (QED) is 0.140. The number of hydrogen-bond donors (Lipinski definition) is 0. The van der Waals surface area contributed by atoms with E-state index in [1.54, 1.807) is 0 Å². The Labute approximate surface area is 389 Å². The van der Waals surface area contributed by atoms with E-state index in [-0.39, 0.29) is 0 Å². The minimum Gasteiger partial charge on any atom is -0.310 e. The topological polar surface area (TPSA) is 3.24 Å². The van der Waals surface area contributed by atoms with Crippen LogP contribution in [0.1, 0.15) is 65.8 Å². The first-order valence-electron chi connectivity index (χ1n) is 23.8. The average molecular weight is 846 g/mol. The number of nitrogens with zero attached hydrogens (tertiary/aromatic N) is 1. The van der Waals surface area contributed by atoms with Crippen molar-refractivity contribution < 1.29 is 0 Å². The van der Waals surface area contributed by atoms with Crippen LogP contribution in [0.4, 0.5) is 17.1 Å². The zero-order valence-electron chi connectivity index (χ0n) is 37.2. The highest BCUT2D eigenvalue weighted by atomic mass is 15.1. The summed E-state index contributed by atoms with van der Waals surface area (Å²) in [7, 11) is 0. The van der Waals surface area contributed by atoms with E-state index in [2.05, 4.69) is 248 Å². The van der Waals surface area contributed by atoms with Gasteiger partial charge in [0.25, 0.3) is 0 Å². The van der Waals surface area contributed by atoms with Crippen LogP contribution in [0.2, 0.25) is 0 Å². The maximum absolute atomic E-state index is 2.52. The Hall–Kier alpha value is -7.74. The highest BCUT2D eigenvalue weighted by Crippen LogP contribution is 2.57. The Kier molecular flexibility index (Phi) is 10.3. The van der Waals surface area contributed by atoms with Crippen molar-refractivity contribution in [1.29, 1.82) is 0 Å². The van der Waals surface area contributed by atoms with E-state index in [9.17, 15) is 0 Å². The van der Waals surface area contributed by atoms with E-state index in [0.29, 0.717) is 5.92 Å². The van der Waals surface area contributed by atoms with Crippen LogP contribution >= 0.6 is 0 Å². The monoisotopic (exact) mass is 845 g/mol. The van der Waals surface area contributed by atoms with E-state index >= 15 is 0 Å². The Morgan fingerprint density at radius 2 is 0.848 bits per heavy atom. The van der Waals surface area contributed by atoms with Crippen molar-refractivity contribution in [2.45, 2.75) is 43.4 Å². The molecule has 0 atom stereocenters. The molecule has 0 bridgehead atoms. The van der Waals surface area contributed by atoms with Crippen LogP contribution in [0, 0.1) is 0 Å². The fourth-order valence-electron chi connectivity index (χ4n) is 11.5. The third-order valence-corrected chi connectivity index (χ3v) is 14.6. The predicted octanol–water partition coefficient (Wildman–Crippen LogP) is 17.7. The van der Waals surface area contributed by atoms with Gasteiger partial charge in [0.1, 0.15) is 0 Å². The van der Waals surface area contributed by atoms with E-state index in [4.69, 9.17) is 0 Å². The van der Waals surface area contributed by atoms with Gasteiger partial charge >= 0.3 is 0 Å². The molecule has 0 heterocycles. The maximum atomic E-state index is 2.52. The number of rotatable bonds is 9. The van der Waals surface area contributed by atoms with Gasteiger partial charge < -0.3 is 4.90 Å². The molecule has 0 spiro atoms. The molecular formula is C65H51N. The summed E-state index contributed by atoms with van der Waals surface area (Å²) < 4.78 is 0. The van der Waals surface area contributed by atoms with Crippen molar-refractivity contribution in [2.75, 3.05) is 4.90 Å². The number of para-hydroxylation sites is 1. The number of hydrogen-bond acceptors (Lipinski definition) is 1. The summed E-state index contributed by atoms with van der Waals surface area (Å²) in [5.74, 6) is 0.573. The summed E-state index contributed by atoms with van der Waals surface area (Å²) in [6.45, 7) is 0. The van der Waals surface area contributed by atoms with Crippen molar-refractivity contribution >= 4 is 27.8 Å². The molecule has 1 heteroatoms. The second-order valence-corrected chi connectivity index (χ2v) is 18.2. The molecule has 12 rings (SSSR count). The van der Waals surface area contributed by atoms with Gasteiger partial charge in [0.2, 0.25) is 0 Å². The molecule has 0 aliphatic heterocycles. The zero-order valence-corrected chi connectivity index (χ0v) is 37.2. The smallest absolute Gasteiger partial charge is 0.0714 e. The minimum atomic E-state index is -0.518. The molecule has 66 heavy (non-hydrogen) atoms. The molecule has 1 saturated carbocycles. The molecule has 0 amide bonds. The maximum Gasteiger partial charge on any atom is 0.0714 e. The van der Waals surface area contributed by atoms with Crippen LogP contribution in [0.5, 0.6) is 0 Å². The summed E-state index contributed by atoms with van der Waals surface area (Å²) in [5.41, 5.74) is 19.4. The van der Waals surface area contributed by atoms with E-state index in [1.165, 1.54) is 115 Å². The lowest BCUT2D eigenvalue weighted by molar-refractivity contribution is 0.445. The summed E-state index contributed by atoms with van der Waals surface area (Å²) in [4.78, 5) is 2.52. The van der Waals surface area contributed by atoms with Crippen molar-refractivity contribution in [3.05, 3.63) is 270 Å². The van der Waals surface area contributed by atoms with Crippen molar-refractivity contribution in [3.8, 4) is 44.5 Å². The summed E-state index contributed by atoms with van der Waals surface area (Å²) >= 11 is 0. The van der Waals surface area contributed by atoms with Gasteiger partial charge in [-0.3, -0.25) is 0 Å². The number of anilines is 3. The summed E-state index contributed by atoms with van der Waals surface area (Å²) in [6.07, 6.45) is 6.45. The molecule has 1 fully saturated rings. The lowest BCUT2D eigenvalue weighted by atomic mass is 9.67. The average Bonchev–Trinajstić information content (AvgIpc) is 3.70. The summed E-state index contributed by atoms with van der Waals surface area (Å²) in [6, 6.07) is 90.4. The van der Waals surface area contributed by atoms with Gasteiger partial charge in [-0.25, -0.2) is 0 Å². The van der Waals surface area contributed by atoms with E-state index in [0.717, 1.165) is 17.1 Å². The molecule has 0 unspecified atom stereocenters. The number of benzene rings is 10. The SMILES string of the molecule is c1ccc(-c2ccc(-c3ccc(N(c4ccc5c(c4)C(c4ccccc4)(c4ccccc4)c4ccccc4-5)c4ccccc4-c4cccc5cccc(C6CCCCC6)c45)cc3)cc2)cc1. The van der Waals surface area contributed by atoms with Gasteiger partial charge in [0.05, 0.1) is 11.1 Å². The Bertz CT molecular complexity index is 3260. The van der Waals surface area contributed by atoms with Crippen LogP contribution in [-0.4, -0.2) is 0 Å². The van der Waals surface area contributed by atoms with Gasteiger partial charge in [-0.2, -0.15) is 0 Å². The van der Waals surface area contributed by atoms with Crippen LogP contribution in [0.25, 0.3) is 55.3 Å². The highest BCUT2D eigenvalue weighted by Gasteiger charge is 2.46. The lowest BCUT2D eigenvalue weighted by Gasteiger charge is -2.35. The van der Waals surface area contributed by atoms with Crippen molar-refractivity contribution in [3.63, 3.8) is 0 Å². The molecular weight excluding hydrogens is 795 g/mol. The van der Waals surface area contributed by atoms with Crippen LogP contribution < -0.4 is 4.90 Å². The fourth-order valence-corrected chi connectivity index (χ4v) is 11.5. The molecule has 10 aromatic rings. The Balaban J connectivity index is 1.07. The molecule has 10 aromatic carbocycles. The second-order valence-electron chi connectivity index (χ2n) is 18.2. The molecule has 1 nitrogen and oxygen atoms in total. The molecule has 2 aliphatic rings. The first-order chi connectivity index (χ1) is 32.8. The zero-order chi connectivity index (χ0) is 43.9. The lowest BCUT2D eigenvalue weighted by Crippen LogP contribution is -2.28. The molecule has 2 aliphatic carbocycles. The Morgan fingerprint density at radius 3 is 1.52 bits per heavy atom. The van der Waals surface area contributed by atoms with Crippen LogP contribution in [0.3, 0.4) is 0 Å². The number of fused-ring (bicyclic) bond motifs is 4. The minimum absolute atomic E-state index is 0.518. The third kappa shape index (κ3) is 6.77. The largest absolute Gasteiger partial charge is 0.310 e. The molecule has 0 saturated heterocycles. The van der Waals surface area contributed by atoms with Gasteiger partial charge in [0.15, 0.2) is 0 Å². The van der Waals surface area contributed by atoms with E-state index < -0.39 is 5.41 Å². The second kappa shape index (κ2) is 17.0. The highest BCUT2D eigenvalue weighted by molar-refractivity contribution is 6.03. The van der Waals surface area contributed by atoms with Gasteiger partial charge in [-0.05, 0) is 127 Å². The standard InChI is InChI=1S/C65H51N/c1-5-19-46(20-6-1)47-35-37-48(38-36-47)49-39-41-54(42-40-49)66(63-34-16-14-30-59(63)60-32-18-24-51-23-17-31-56(64(51)60)50-21-7-2-8-22-50)55-43-44-58-57-29-13-15-33-61(57)65(62(58)45-55,52-25-9-3-10-26-52)53-27-11-4-12-28-53/h1,3-6,9-20,23-45,50H,2,7-8,21-22H2. The van der Waals surface area contributed by atoms with Crippen LogP contribution in [0.15, 0.2) is 243 Å². The van der Waals surface area contributed by atoms with E-state index in [1.807, 2.05) is 0 Å². The summed E-state index contributed by atoms with van der Waals surface area (Å²) in [5, 5.41) is 2.70. The fraction of sp³-hybridized carbons (Fsp3) is 0.108. The first-order valence-corrected chi connectivity index (χ1v) is 23.8. The third-order valence-electron chi connectivity index (χ3n) is 14.6. The normalized spacial score (nSPS) is 14.1. The van der Waals surface area contributed by atoms with Gasteiger partial charge in [-0.1, -0.05) is 232 Å².